The molecule has 9 heteroatoms. The molecular weight excluding hydrogens is 422 g/mol. The molecule has 2 aromatic carbocycles. The lowest BCUT2D eigenvalue weighted by molar-refractivity contribution is -0.119. The summed E-state index contributed by atoms with van der Waals surface area (Å²) >= 11 is 1.51. The summed E-state index contributed by atoms with van der Waals surface area (Å²) in [5.74, 6) is 0.393. The Hall–Kier alpha value is -2.36. The van der Waals surface area contributed by atoms with Crippen LogP contribution in [0.2, 0.25) is 0 Å². The van der Waals surface area contributed by atoms with E-state index in [1.807, 2.05) is 6.07 Å². The van der Waals surface area contributed by atoms with E-state index in [0.717, 1.165) is 0 Å². The summed E-state index contributed by atoms with van der Waals surface area (Å²) in [7, 11) is -3.63. The molecule has 7 nitrogen and oxygen atoms in total. The van der Waals surface area contributed by atoms with E-state index in [1.54, 1.807) is 55.1 Å². The minimum absolute atomic E-state index is 0.127. The third-order valence-corrected chi connectivity index (χ3v) is 7.97. The van der Waals surface area contributed by atoms with E-state index in [1.165, 1.54) is 28.2 Å². The quantitative estimate of drug-likeness (QED) is 0.705. The van der Waals surface area contributed by atoms with Crippen molar-refractivity contribution in [2.45, 2.75) is 24.8 Å². The van der Waals surface area contributed by atoms with Crippen LogP contribution < -0.4 is 5.32 Å². The molecule has 1 aliphatic rings. The van der Waals surface area contributed by atoms with Gasteiger partial charge in [-0.1, -0.05) is 38.1 Å². The van der Waals surface area contributed by atoms with Crippen molar-refractivity contribution in [2.24, 2.45) is 0 Å². The molecule has 2 amide bonds. The number of carbonyl (C=O) groups is 2. The molecule has 160 valence electrons. The molecule has 2 aromatic rings. The number of amides is 2. The zero-order chi connectivity index (χ0) is 21.7. The monoisotopic (exact) mass is 447 g/mol. The van der Waals surface area contributed by atoms with Gasteiger partial charge < -0.3 is 10.2 Å². The number of rotatable bonds is 7. The summed E-state index contributed by atoms with van der Waals surface area (Å²) in [4.78, 5) is 27.4. The highest BCUT2D eigenvalue weighted by Crippen LogP contribution is 2.25. The smallest absolute Gasteiger partial charge is 0.255 e. The molecule has 0 spiro atoms. The highest BCUT2D eigenvalue weighted by atomic mass is 32.2. The summed E-state index contributed by atoms with van der Waals surface area (Å²) < 4.78 is 26.9. The van der Waals surface area contributed by atoms with Gasteiger partial charge in [-0.3, -0.25) is 9.59 Å². The van der Waals surface area contributed by atoms with Gasteiger partial charge in [0, 0.05) is 30.1 Å². The van der Waals surface area contributed by atoms with E-state index in [-0.39, 0.29) is 16.7 Å². The topological polar surface area (TPSA) is 86.8 Å². The molecule has 1 saturated heterocycles. The maximum atomic E-state index is 12.9. The minimum atomic E-state index is -3.63. The molecule has 0 saturated carbocycles. The number of thioether (sulfide) groups is 1. The van der Waals surface area contributed by atoms with Crippen molar-refractivity contribution in [1.29, 1.82) is 0 Å². The van der Waals surface area contributed by atoms with Crippen LogP contribution in [-0.4, -0.2) is 60.2 Å². The zero-order valence-corrected chi connectivity index (χ0v) is 18.6. The van der Waals surface area contributed by atoms with E-state index in [4.69, 9.17) is 0 Å². The number of benzene rings is 2. The van der Waals surface area contributed by atoms with Gasteiger partial charge in [0.05, 0.1) is 10.8 Å². The first-order chi connectivity index (χ1) is 14.4. The number of anilines is 1. The Balaban J connectivity index is 1.77. The van der Waals surface area contributed by atoms with E-state index in [2.05, 4.69) is 5.32 Å². The standard InChI is InChI=1S/C21H25N3O4S2/c1-3-23(4-2)30(27,28)18-12-8-11-17(13-18)22-20(25)19-14-29-15-24(19)21(26)16-9-6-5-7-10-16/h5-13,19H,3-4,14-15H2,1-2H3,(H,22,25)/t19-/m0/s1. The summed E-state index contributed by atoms with van der Waals surface area (Å²) in [5, 5.41) is 2.78. The predicted octanol–water partition coefficient (Wildman–Crippen LogP) is 2.87. The number of sulfonamides is 1. The number of nitrogens with zero attached hydrogens (tertiary/aromatic N) is 2. The predicted molar refractivity (Wildman–Crippen MR) is 119 cm³/mol. The van der Waals surface area contributed by atoms with Gasteiger partial charge in [0.25, 0.3) is 5.91 Å². The van der Waals surface area contributed by atoms with Gasteiger partial charge in [-0.05, 0) is 30.3 Å². The zero-order valence-electron chi connectivity index (χ0n) is 16.9. The molecule has 0 radical (unpaired) electrons. The molecule has 1 heterocycles. The number of hydrogen-bond donors (Lipinski definition) is 1. The van der Waals surface area contributed by atoms with Crippen LogP contribution >= 0.6 is 11.8 Å². The first-order valence-electron chi connectivity index (χ1n) is 9.73. The highest BCUT2D eigenvalue weighted by Gasteiger charge is 2.35. The third kappa shape index (κ3) is 4.69. The van der Waals surface area contributed by atoms with Crippen LogP contribution in [0.3, 0.4) is 0 Å². The molecule has 0 aromatic heterocycles. The van der Waals surface area contributed by atoms with Gasteiger partial charge in [0.2, 0.25) is 15.9 Å². The Morgan fingerprint density at radius 2 is 1.80 bits per heavy atom. The first kappa shape index (κ1) is 22.3. The molecule has 3 rings (SSSR count). The Morgan fingerprint density at radius 3 is 2.47 bits per heavy atom. The van der Waals surface area contributed by atoms with Crippen LogP contribution in [-0.2, 0) is 14.8 Å². The van der Waals surface area contributed by atoms with Crippen molar-refractivity contribution in [2.75, 3.05) is 30.0 Å². The van der Waals surface area contributed by atoms with Gasteiger partial charge in [-0.25, -0.2) is 8.42 Å². The summed E-state index contributed by atoms with van der Waals surface area (Å²) in [6.07, 6.45) is 0. The summed E-state index contributed by atoms with van der Waals surface area (Å²) in [6, 6.07) is 14.4. The second-order valence-electron chi connectivity index (χ2n) is 6.76. The molecule has 0 unspecified atom stereocenters. The van der Waals surface area contributed by atoms with Gasteiger partial charge in [0.1, 0.15) is 6.04 Å². The Labute approximate surface area is 181 Å². The first-order valence-corrected chi connectivity index (χ1v) is 12.3. The van der Waals surface area contributed by atoms with Gasteiger partial charge in [0.15, 0.2) is 0 Å². The van der Waals surface area contributed by atoms with E-state index < -0.39 is 16.1 Å². The fourth-order valence-corrected chi connectivity index (χ4v) is 5.94. The molecule has 1 aliphatic heterocycles. The van der Waals surface area contributed by atoms with Crippen molar-refractivity contribution in [1.82, 2.24) is 9.21 Å². The van der Waals surface area contributed by atoms with Gasteiger partial charge >= 0.3 is 0 Å². The lowest BCUT2D eigenvalue weighted by Crippen LogP contribution is -2.44. The van der Waals surface area contributed by atoms with Crippen LogP contribution in [0.5, 0.6) is 0 Å². The van der Waals surface area contributed by atoms with Crippen LogP contribution in [0.15, 0.2) is 59.5 Å². The summed E-state index contributed by atoms with van der Waals surface area (Å²) in [6.45, 7) is 4.29. The molecule has 1 fully saturated rings. The number of nitrogens with one attached hydrogen (secondary N) is 1. The molecule has 1 atom stereocenters. The van der Waals surface area contributed by atoms with Gasteiger partial charge in [-0.15, -0.1) is 11.8 Å². The Kier molecular flexibility index (Phi) is 7.17. The average molecular weight is 448 g/mol. The lowest BCUT2D eigenvalue weighted by Gasteiger charge is -2.23. The average Bonchev–Trinajstić information content (AvgIpc) is 3.25. The normalized spacial score (nSPS) is 16.6. The van der Waals surface area contributed by atoms with Crippen LogP contribution in [0.25, 0.3) is 0 Å². The van der Waals surface area contributed by atoms with Crippen LogP contribution in [0.4, 0.5) is 5.69 Å². The number of hydrogen-bond acceptors (Lipinski definition) is 5. The second-order valence-corrected chi connectivity index (χ2v) is 9.70. The molecule has 0 aliphatic carbocycles. The van der Waals surface area contributed by atoms with Crippen molar-refractivity contribution >= 4 is 39.3 Å². The van der Waals surface area contributed by atoms with E-state index >= 15 is 0 Å². The van der Waals surface area contributed by atoms with Crippen molar-refractivity contribution in [3.63, 3.8) is 0 Å². The number of carbonyl (C=O) groups excluding carboxylic acids is 2. The van der Waals surface area contributed by atoms with Gasteiger partial charge in [-0.2, -0.15) is 4.31 Å². The minimum Gasteiger partial charge on any atom is -0.324 e. The molecule has 0 bridgehead atoms. The van der Waals surface area contributed by atoms with Crippen molar-refractivity contribution in [3.8, 4) is 0 Å². The molecular formula is C21H25N3O4S2. The second kappa shape index (κ2) is 9.63. The highest BCUT2D eigenvalue weighted by molar-refractivity contribution is 7.99. The summed E-state index contributed by atoms with van der Waals surface area (Å²) in [5.41, 5.74) is 0.919. The SMILES string of the molecule is CCN(CC)S(=O)(=O)c1cccc(NC(=O)[C@@H]2CSCN2C(=O)c2ccccc2)c1. The van der Waals surface area contributed by atoms with E-state index in [9.17, 15) is 18.0 Å². The molecule has 30 heavy (non-hydrogen) atoms. The van der Waals surface area contributed by atoms with Crippen LogP contribution in [0, 0.1) is 0 Å². The van der Waals surface area contributed by atoms with Crippen molar-refractivity contribution < 1.29 is 18.0 Å². The van der Waals surface area contributed by atoms with Crippen LogP contribution in [0.1, 0.15) is 24.2 Å². The fourth-order valence-electron chi connectivity index (χ4n) is 3.28. The van der Waals surface area contributed by atoms with E-state index in [0.29, 0.717) is 36.0 Å². The lowest BCUT2D eigenvalue weighted by atomic mass is 10.1. The third-order valence-electron chi connectivity index (χ3n) is 4.91. The molecule has 1 N–H and O–H groups in total. The fraction of sp³-hybridized carbons (Fsp3) is 0.333. The maximum Gasteiger partial charge on any atom is 0.255 e. The Bertz CT molecular complexity index is 1010. The largest absolute Gasteiger partial charge is 0.324 e. The maximum absolute atomic E-state index is 12.9. The Morgan fingerprint density at radius 1 is 1.10 bits per heavy atom. The van der Waals surface area contributed by atoms with Crippen molar-refractivity contribution in [3.05, 3.63) is 60.2 Å².